The van der Waals surface area contributed by atoms with Crippen molar-refractivity contribution < 1.29 is 0 Å². The fraction of sp³-hybridized carbons (Fsp3) is 0.0294. The van der Waals surface area contributed by atoms with E-state index >= 15 is 0 Å². The number of amidine groups is 2. The van der Waals surface area contributed by atoms with E-state index in [1.54, 1.807) is 0 Å². The highest BCUT2D eigenvalue weighted by Crippen LogP contribution is 2.33. The first-order valence-corrected chi connectivity index (χ1v) is 12.9. The van der Waals surface area contributed by atoms with E-state index < -0.39 is 0 Å². The van der Waals surface area contributed by atoms with Crippen molar-refractivity contribution in [2.24, 2.45) is 9.98 Å². The number of aliphatic imine (C=N–C) groups is 2. The molecule has 7 rings (SSSR count). The lowest BCUT2D eigenvalue weighted by Crippen LogP contribution is -2.36. The maximum atomic E-state index is 10.3. The van der Waals surface area contributed by atoms with Crippen molar-refractivity contribution in [3.8, 4) is 11.8 Å². The number of hydrogen-bond donors (Lipinski definition) is 1. The van der Waals surface area contributed by atoms with Crippen molar-refractivity contribution in [3.63, 3.8) is 0 Å². The van der Waals surface area contributed by atoms with E-state index in [1.165, 1.54) is 0 Å². The van der Waals surface area contributed by atoms with Gasteiger partial charge in [-0.1, -0.05) is 97.1 Å². The Morgan fingerprint density at radius 2 is 1.18 bits per heavy atom. The number of fused-ring (bicyclic) bond motifs is 3. The molecule has 0 fully saturated rings. The van der Waals surface area contributed by atoms with Gasteiger partial charge < -0.3 is 9.88 Å². The molecule has 0 saturated carbocycles. The fourth-order valence-corrected chi connectivity index (χ4v) is 5.26. The molecule has 5 aromatic carbocycles. The van der Waals surface area contributed by atoms with Crippen molar-refractivity contribution in [1.29, 1.82) is 5.26 Å². The van der Waals surface area contributed by atoms with Crippen LogP contribution >= 0.6 is 0 Å². The predicted octanol–water partition coefficient (Wildman–Crippen LogP) is 7.15. The van der Waals surface area contributed by atoms with Gasteiger partial charge in [-0.05, 0) is 35.9 Å². The number of nitriles is 1. The summed E-state index contributed by atoms with van der Waals surface area (Å²) in [5.74, 6) is 1.43. The molecule has 1 atom stereocenters. The van der Waals surface area contributed by atoms with Crippen LogP contribution in [0.4, 0.5) is 0 Å². The first-order chi connectivity index (χ1) is 19.3. The Balaban J connectivity index is 1.36. The number of para-hydroxylation sites is 2. The molecule has 1 unspecified atom stereocenters. The molecule has 184 valence electrons. The summed E-state index contributed by atoms with van der Waals surface area (Å²) in [6.07, 6.45) is -0.389. The first-order valence-electron chi connectivity index (χ1n) is 12.9. The second-order valence-electron chi connectivity index (χ2n) is 9.44. The average Bonchev–Trinajstić information content (AvgIpc) is 3.35. The molecule has 1 aliphatic heterocycles. The van der Waals surface area contributed by atoms with E-state index in [0.717, 1.165) is 50.0 Å². The standard InChI is InChI=1S/C34H23N5/c35-22-26-21-25(19-20-29(26)39-30-17-9-7-15-27(30)28-16-8-10-18-31(28)39)34-37-32(23-11-3-1-4-12-23)36-33(38-34)24-13-5-2-6-14-24/h1-21,32H,(H,36,37,38). The Morgan fingerprint density at radius 3 is 1.82 bits per heavy atom. The molecule has 1 aliphatic rings. The number of nitrogens with zero attached hydrogens (tertiary/aromatic N) is 4. The van der Waals surface area contributed by atoms with Crippen molar-refractivity contribution >= 4 is 33.5 Å². The lowest BCUT2D eigenvalue weighted by Gasteiger charge is -2.22. The summed E-state index contributed by atoms with van der Waals surface area (Å²) in [6.45, 7) is 0. The minimum Gasteiger partial charge on any atom is -0.324 e. The van der Waals surface area contributed by atoms with E-state index in [9.17, 15) is 5.26 Å². The number of benzene rings is 5. The SMILES string of the molecule is N#Cc1cc(C2=NC(c3ccccc3)N=C(c3ccccc3)N2)ccc1-n1c2ccccc2c2ccccc21. The smallest absolute Gasteiger partial charge is 0.169 e. The van der Waals surface area contributed by atoms with Gasteiger partial charge in [0.15, 0.2) is 6.17 Å². The number of rotatable bonds is 4. The lowest BCUT2D eigenvalue weighted by atomic mass is 10.1. The maximum absolute atomic E-state index is 10.3. The summed E-state index contributed by atoms with van der Waals surface area (Å²) in [6, 6.07) is 45.1. The first kappa shape index (κ1) is 22.7. The van der Waals surface area contributed by atoms with Crippen LogP contribution in [0.2, 0.25) is 0 Å². The van der Waals surface area contributed by atoms with Crippen LogP contribution in [0.25, 0.3) is 27.5 Å². The summed E-state index contributed by atoms with van der Waals surface area (Å²) >= 11 is 0. The van der Waals surface area contributed by atoms with Gasteiger partial charge >= 0.3 is 0 Å². The molecule has 0 radical (unpaired) electrons. The van der Waals surface area contributed by atoms with Gasteiger partial charge in [-0.2, -0.15) is 5.26 Å². The molecule has 0 aliphatic carbocycles. The minimum atomic E-state index is -0.389. The van der Waals surface area contributed by atoms with Crippen LogP contribution in [-0.2, 0) is 0 Å². The van der Waals surface area contributed by atoms with Gasteiger partial charge in [-0.15, -0.1) is 0 Å². The van der Waals surface area contributed by atoms with Gasteiger partial charge in [0.25, 0.3) is 0 Å². The Hall–Kier alpha value is -5.47. The van der Waals surface area contributed by atoms with Crippen molar-refractivity contribution in [3.05, 3.63) is 150 Å². The number of nitrogens with one attached hydrogen (secondary N) is 1. The van der Waals surface area contributed by atoms with E-state index in [-0.39, 0.29) is 6.17 Å². The molecular formula is C34H23N5. The Bertz CT molecular complexity index is 1890. The summed E-state index contributed by atoms with van der Waals surface area (Å²) in [5, 5.41) is 16.1. The number of hydrogen-bond acceptors (Lipinski definition) is 4. The predicted molar refractivity (Wildman–Crippen MR) is 157 cm³/mol. The normalized spacial score (nSPS) is 14.9. The largest absolute Gasteiger partial charge is 0.324 e. The number of aromatic nitrogens is 1. The Labute approximate surface area is 226 Å². The van der Waals surface area contributed by atoms with Crippen LogP contribution < -0.4 is 5.32 Å². The molecule has 5 nitrogen and oxygen atoms in total. The van der Waals surface area contributed by atoms with Gasteiger partial charge in [0.1, 0.15) is 17.7 Å². The van der Waals surface area contributed by atoms with Crippen molar-refractivity contribution in [2.75, 3.05) is 0 Å². The zero-order valence-electron chi connectivity index (χ0n) is 21.0. The molecule has 0 saturated heterocycles. The van der Waals surface area contributed by atoms with Crippen LogP contribution in [0.1, 0.15) is 28.4 Å². The van der Waals surface area contributed by atoms with Crippen LogP contribution in [0.3, 0.4) is 0 Å². The van der Waals surface area contributed by atoms with Crippen molar-refractivity contribution in [2.45, 2.75) is 6.17 Å². The van der Waals surface area contributed by atoms with Crippen molar-refractivity contribution in [1.82, 2.24) is 9.88 Å². The molecule has 0 amide bonds. The molecular weight excluding hydrogens is 478 g/mol. The maximum Gasteiger partial charge on any atom is 0.169 e. The molecule has 1 N–H and O–H groups in total. The monoisotopic (exact) mass is 501 g/mol. The second-order valence-corrected chi connectivity index (χ2v) is 9.44. The Kier molecular flexibility index (Phi) is 5.50. The quantitative estimate of drug-likeness (QED) is 0.279. The van der Waals surface area contributed by atoms with Gasteiger partial charge in [0.05, 0.1) is 22.3 Å². The fourth-order valence-electron chi connectivity index (χ4n) is 5.26. The molecule has 0 spiro atoms. The third kappa shape index (κ3) is 3.96. The highest BCUT2D eigenvalue weighted by atomic mass is 15.2. The highest BCUT2D eigenvalue weighted by molar-refractivity contribution is 6.16. The van der Waals surface area contributed by atoms with Crippen LogP contribution in [0.5, 0.6) is 0 Å². The zero-order valence-corrected chi connectivity index (χ0v) is 21.0. The van der Waals surface area contributed by atoms with Gasteiger partial charge in [0.2, 0.25) is 0 Å². The molecule has 0 bridgehead atoms. The molecule has 39 heavy (non-hydrogen) atoms. The van der Waals surface area contributed by atoms with Crippen LogP contribution in [0.15, 0.2) is 137 Å². The zero-order chi connectivity index (χ0) is 26.2. The van der Waals surface area contributed by atoms with E-state index in [2.05, 4.69) is 52.4 Å². The topological polar surface area (TPSA) is 65.5 Å². The lowest BCUT2D eigenvalue weighted by molar-refractivity contribution is 0.756. The van der Waals surface area contributed by atoms with Gasteiger partial charge in [-0.25, -0.2) is 9.98 Å². The summed E-state index contributed by atoms with van der Waals surface area (Å²) in [4.78, 5) is 9.88. The average molecular weight is 502 g/mol. The van der Waals surface area contributed by atoms with E-state index in [4.69, 9.17) is 9.98 Å². The van der Waals surface area contributed by atoms with E-state index in [1.807, 2.05) is 91.0 Å². The molecule has 2 heterocycles. The Morgan fingerprint density at radius 1 is 0.615 bits per heavy atom. The third-order valence-corrected chi connectivity index (χ3v) is 7.10. The summed E-state index contributed by atoms with van der Waals surface area (Å²) in [5.41, 5.74) is 6.37. The minimum absolute atomic E-state index is 0.389. The van der Waals surface area contributed by atoms with E-state index in [0.29, 0.717) is 11.4 Å². The molecule has 6 aromatic rings. The van der Waals surface area contributed by atoms with Crippen LogP contribution in [0, 0.1) is 11.3 Å². The van der Waals surface area contributed by atoms with Gasteiger partial charge in [-0.3, -0.25) is 0 Å². The van der Waals surface area contributed by atoms with Gasteiger partial charge in [0, 0.05) is 21.9 Å². The summed E-state index contributed by atoms with van der Waals surface area (Å²) < 4.78 is 2.17. The highest BCUT2D eigenvalue weighted by Gasteiger charge is 2.22. The second kappa shape index (κ2) is 9.44. The molecule has 5 heteroatoms. The molecule has 1 aromatic heterocycles. The summed E-state index contributed by atoms with van der Waals surface area (Å²) in [7, 11) is 0. The third-order valence-electron chi connectivity index (χ3n) is 7.10. The van der Waals surface area contributed by atoms with Crippen LogP contribution in [-0.4, -0.2) is 16.2 Å².